The van der Waals surface area contributed by atoms with Crippen molar-refractivity contribution in [2.45, 2.75) is 26.2 Å². The summed E-state index contributed by atoms with van der Waals surface area (Å²) in [5.41, 5.74) is 0.637. The van der Waals surface area contributed by atoms with Crippen LogP contribution in [0.2, 0.25) is 0 Å². The Labute approximate surface area is 117 Å². The maximum Gasteiger partial charge on any atom is 0.271 e. The molecule has 0 unspecified atom stereocenters. The summed E-state index contributed by atoms with van der Waals surface area (Å²) in [6.45, 7) is 2.14. The number of carbonyl (C=O) groups excluding carboxylic acids is 2. The van der Waals surface area contributed by atoms with Gasteiger partial charge in [0.1, 0.15) is 0 Å². The summed E-state index contributed by atoms with van der Waals surface area (Å²) >= 11 is 1.48. The summed E-state index contributed by atoms with van der Waals surface area (Å²) in [6, 6.07) is 9.05. The minimum absolute atomic E-state index is 0.197. The first-order valence-corrected chi connectivity index (χ1v) is 7.50. The van der Waals surface area contributed by atoms with E-state index >= 15 is 0 Å². The molecule has 0 spiro atoms. The van der Waals surface area contributed by atoms with Gasteiger partial charge in [0.2, 0.25) is 0 Å². The van der Waals surface area contributed by atoms with Crippen LogP contribution in [0.15, 0.2) is 41.3 Å². The number of amides is 2. The third kappa shape index (κ3) is 3.26. The maximum atomic E-state index is 12.2. The average molecular weight is 275 g/mol. The number of hydrogen-bond acceptors (Lipinski definition) is 3. The van der Waals surface area contributed by atoms with Crippen molar-refractivity contribution < 1.29 is 9.59 Å². The predicted octanol–water partition coefficient (Wildman–Crippen LogP) is 3.37. The zero-order chi connectivity index (χ0) is 13.7. The number of rotatable bonds is 6. The molecule has 0 N–H and O–H groups in total. The summed E-state index contributed by atoms with van der Waals surface area (Å²) in [7, 11) is 0. The molecular weight excluding hydrogens is 258 g/mol. The zero-order valence-electron chi connectivity index (χ0n) is 11.0. The number of thioether (sulfide) groups is 1. The van der Waals surface area contributed by atoms with Gasteiger partial charge in [0.25, 0.3) is 11.8 Å². The van der Waals surface area contributed by atoms with Crippen molar-refractivity contribution in [3.8, 4) is 0 Å². The van der Waals surface area contributed by atoms with Crippen molar-refractivity contribution in [1.82, 2.24) is 0 Å². The number of benzene rings is 1. The van der Waals surface area contributed by atoms with Crippen LogP contribution >= 0.6 is 11.8 Å². The Balaban J connectivity index is 2.01. The van der Waals surface area contributed by atoms with Gasteiger partial charge < -0.3 is 0 Å². The lowest BCUT2D eigenvalue weighted by molar-refractivity contribution is -0.120. The third-order valence-corrected chi connectivity index (χ3v) is 4.00. The van der Waals surface area contributed by atoms with Crippen molar-refractivity contribution >= 4 is 29.3 Å². The molecule has 0 aromatic heterocycles. The van der Waals surface area contributed by atoms with Crippen LogP contribution in [0.1, 0.15) is 26.2 Å². The van der Waals surface area contributed by atoms with Crippen molar-refractivity contribution in [1.29, 1.82) is 0 Å². The minimum Gasteiger partial charge on any atom is -0.269 e. The van der Waals surface area contributed by atoms with Gasteiger partial charge in [0.15, 0.2) is 0 Å². The van der Waals surface area contributed by atoms with Gasteiger partial charge in [-0.15, -0.1) is 11.8 Å². The van der Waals surface area contributed by atoms with E-state index in [0.29, 0.717) is 10.6 Å². The van der Waals surface area contributed by atoms with Crippen LogP contribution in [0.25, 0.3) is 0 Å². The van der Waals surface area contributed by atoms with Gasteiger partial charge >= 0.3 is 0 Å². The number of imide groups is 1. The van der Waals surface area contributed by atoms with Gasteiger partial charge in [0, 0.05) is 6.08 Å². The molecule has 2 amide bonds. The topological polar surface area (TPSA) is 37.4 Å². The van der Waals surface area contributed by atoms with E-state index < -0.39 is 0 Å². The summed E-state index contributed by atoms with van der Waals surface area (Å²) in [4.78, 5) is 25.9. The molecule has 0 saturated carbocycles. The smallest absolute Gasteiger partial charge is 0.269 e. The molecule has 0 radical (unpaired) electrons. The highest BCUT2D eigenvalue weighted by Crippen LogP contribution is 2.29. The lowest BCUT2D eigenvalue weighted by Gasteiger charge is -2.14. The van der Waals surface area contributed by atoms with E-state index in [9.17, 15) is 9.59 Å². The van der Waals surface area contributed by atoms with Gasteiger partial charge in [-0.05, 0) is 24.3 Å². The van der Waals surface area contributed by atoms with Crippen LogP contribution in [-0.4, -0.2) is 17.6 Å². The van der Waals surface area contributed by atoms with Crippen LogP contribution in [-0.2, 0) is 9.59 Å². The van der Waals surface area contributed by atoms with E-state index in [4.69, 9.17) is 0 Å². The summed E-state index contributed by atoms with van der Waals surface area (Å²) in [6.07, 6.45) is 4.84. The van der Waals surface area contributed by atoms with Gasteiger partial charge in [-0.2, -0.15) is 0 Å². The van der Waals surface area contributed by atoms with Crippen molar-refractivity contribution in [2.24, 2.45) is 0 Å². The first kappa shape index (κ1) is 13.9. The summed E-state index contributed by atoms with van der Waals surface area (Å²) < 4.78 is 0. The average Bonchev–Trinajstić information content (AvgIpc) is 2.71. The molecule has 1 heterocycles. The first-order valence-electron chi connectivity index (χ1n) is 6.52. The molecular formula is C15H17NO2S. The van der Waals surface area contributed by atoms with Gasteiger partial charge in [-0.1, -0.05) is 38.0 Å². The molecule has 3 nitrogen and oxygen atoms in total. The lowest BCUT2D eigenvalue weighted by Crippen LogP contribution is -2.30. The molecule has 0 atom stereocenters. The SMILES string of the molecule is CCCCCSC1=CC(=O)N(c2ccccc2)C1=O. The quantitative estimate of drug-likeness (QED) is 0.590. The molecule has 100 valence electrons. The number of hydrogen-bond donors (Lipinski definition) is 0. The van der Waals surface area contributed by atoms with Gasteiger partial charge in [-0.3, -0.25) is 9.59 Å². The van der Waals surface area contributed by atoms with Crippen molar-refractivity contribution in [3.05, 3.63) is 41.3 Å². The largest absolute Gasteiger partial charge is 0.271 e. The summed E-state index contributed by atoms with van der Waals surface area (Å²) in [5.74, 6) is 0.452. The maximum absolute atomic E-state index is 12.2. The number of anilines is 1. The number of carbonyl (C=O) groups is 2. The fraction of sp³-hybridized carbons (Fsp3) is 0.333. The molecule has 1 aliphatic rings. The minimum atomic E-state index is -0.241. The van der Waals surface area contributed by atoms with E-state index in [2.05, 4.69) is 6.92 Å². The Kier molecular flexibility index (Phi) is 4.80. The van der Waals surface area contributed by atoms with E-state index in [1.807, 2.05) is 18.2 Å². The predicted molar refractivity (Wildman–Crippen MR) is 79.0 cm³/mol. The van der Waals surface area contributed by atoms with Crippen molar-refractivity contribution in [2.75, 3.05) is 10.7 Å². The molecule has 0 aliphatic carbocycles. The number of para-hydroxylation sites is 1. The van der Waals surface area contributed by atoms with E-state index in [1.54, 1.807) is 12.1 Å². The Morgan fingerprint density at radius 1 is 1.11 bits per heavy atom. The standard InChI is InChI=1S/C15H17NO2S/c1-2-3-7-10-19-13-11-14(17)16(15(13)18)12-8-5-4-6-9-12/h4-6,8-9,11H,2-3,7,10H2,1H3. The molecule has 4 heteroatoms. The first-order chi connectivity index (χ1) is 9.24. The van der Waals surface area contributed by atoms with E-state index in [0.717, 1.165) is 25.0 Å². The van der Waals surface area contributed by atoms with E-state index in [1.165, 1.54) is 22.7 Å². The third-order valence-electron chi connectivity index (χ3n) is 2.91. The second-order valence-electron chi connectivity index (χ2n) is 4.38. The second kappa shape index (κ2) is 6.57. The second-order valence-corrected chi connectivity index (χ2v) is 5.52. The highest BCUT2D eigenvalue weighted by atomic mass is 32.2. The fourth-order valence-corrected chi connectivity index (χ4v) is 2.88. The molecule has 19 heavy (non-hydrogen) atoms. The molecule has 0 fully saturated rings. The van der Waals surface area contributed by atoms with Crippen molar-refractivity contribution in [3.63, 3.8) is 0 Å². The van der Waals surface area contributed by atoms with Crippen LogP contribution in [0.5, 0.6) is 0 Å². The monoisotopic (exact) mass is 275 g/mol. The van der Waals surface area contributed by atoms with Gasteiger partial charge in [0.05, 0.1) is 10.6 Å². The molecule has 1 aromatic carbocycles. The Morgan fingerprint density at radius 2 is 1.84 bits per heavy atom. The van der Waals surface area contributed by atoms with Crippen LogP contribution in [0.4, 0.5) is 5.69 Å². The molecule has 0 saturated heterocycles. The number of unbranched alkanes of at least 4 members (excludes halogenated alkanes) is 2. The van der Waals surface area contributed by atoms with Gasteiger partial charge in [-0.25, -0.2) is 4.90 Å². The molecule has 0 bridgehead atoms. The molecule has 1 aromatic rings. The fourth-order valence-electron chi connectivity index (χ4n) is 1.91. The lowest BCUT2D eigenvalue weighted by atomic mass is 10.3. The highest BCUT2D eigenvalue weighted by molar-refractivity contribution is 8.04. The number of nitrogens with zero attached hydrogens (tertiary/aromatic N) is 1. The normalized spacial score (nSPS) is 15.0. The van der Waals surface area contributed by atoms with E-state index in [-0.39, 0.29) is 11.8 Å². The van der Waals surface area contributed by atoms with Crippen LogP contribution in [0, 0.1) is 0 Å². The van der Waals surface area contributed by atoms with Crippen LogP contribution in [0.3, 0.4) is 0 Å². The Morgan fingerprint density at radius 3 is 2.53 bits per heavy atom. The van der Waals surface area contributed by atoms with Crippen LogP contribution < -0.4 is 4.90 Å². The summed E-state index contributed by atoms with van der Waals surface area (Å²) in [5, 5.41) is 0. The Bertz CT molecular complexity index is 496. The Hall–Kier alpha value is -1.55. The zero-order valence-corrected chi connectivity index (χ0v) is 11.8. The molecule has 1 aliphatic heterocycles. The highest BCUT2D eigenvalue weighted by Gasteiger charge is 2.32. The molecule has 2 rings (SSSR count).